The number of hydrogen-bond donors (Lipinski definition) is 1. The maximum absolute atomic E-state index is 13.3. The van der Waals surface area contributed by atoms with Crippen LogP contribution in [0, 0.1) is 10.1 Å². The number of non-ortho nitro benzene ring substituents is 1. The predicted octanol–water partition coefficient (Wildman–Crippen LogP) is 4.35. The number of aliphatic hydroxyl groups excluding tert-OH is 1. The molecule has 0 aromatic heterocycles. The van der Waals surface area contributed by atoms with Gasteiger partial charge in [0, 0.05) is 30.8 Å². The largest absolute Gasteiger partial charge is 0.507 e. The number of likely N-dealkylation sites (tertiary alicyclic amines) is 1. The van der Waals surface area contributed by atoms with E-state index in [2.05, 4.69) is 0 Å². The third-order valence-electron chi connectivity index (χ3n) is 6.41. The minimum Gasteiger partial charge on any atom is -0.507 e. The molecule has 0 saturated carbocycles. The van der Waals surface area contributed by atoms with Crippen LogP contribution in [0.2, 0.25) is 0 Å². The Labute approximate surface area is 195 Å². The smallest absolute Gasteiger partial charge is 0.295 e. The van der Waals surface area contributed by atoms with Gasteiger partial charge >= 0.3 is 0 Å². The molecule has 2 atom stereocenters. The highest BCUT2D eigenvalue weighted by Crippen LogP contribution is 2.42. The standard InChI is InChI=1S/C26H22N2O6/c29-24(17-8-3-9-18(14-17)28(32)33)22-23(21-12-4-7-16-6-1-2-11-20(16)21)27(26(31)25(22)30)15-19-10-5-13-34-19/h1-4,6-9,11-12,14,19,23,29H,5,10,13,15H2/b24-22-. The zero-order valence-corrected chi connectivity index (χ0v) is 18.2. The van der Waals surface area contributed by atoms with Crippen LogP contribution in [0.3, 0.4) is 0 Å². The molecular weight excluding hydrogens is 436 g/mol. The van der Waals surface area contributed by atoms with E-state index >= 15 is 0 Å². The van der Waals surface area contributed by atoms with E-state index in [4.69, 9.17) is 4.74 Å². The molecule has 0 radical (unpaired) electrons. The topological polar surface area (TPSA) is 110 Å². The van der Waals surface area contributed by atoms with Crippen LogP contribution in [0.15, 0.2) is 72.3 Å². The highest BCUT2D eigenvalue weighted by atomic mass is 16.6. The summed E-state index contributed by atoms with van der Waals surface area (Å²) in [5.41, 5.74) is 0.496. The van der Waals surface area contributed by atoms with Gasteiger partial charge in [-0.05, 0) is 29.2 Å². The van der Waals surface area contributed by atoms with Gasteiger partial charge in [0.1, 0.15) is 5.76 Å². The third kappa shape index (κ3) is 3.72. The number of nitro groups is 1. The molecule has 2 unspecified atom stereocenters. The van der Waals surface area contributed by atoms with Crippen LogP contribution in [0.25, 0.3) is 16.5 Å². The lowest BCUT2D eigenvalue weighted by atomic mass is 9.91. The summed E-state index contributed by atoms with van der Waals surface area (Å²) in [4.78, 5) is 38.6. The number of Topliss-reactive ketones (excluding diaryl/α,β-unsaturated/α-hetero) is 1. The van der Waals surface area contributed by atoms with Crippen LogP contribution in [0.1, 0.15) is 30.0 Å². The summed E-state index contributed by atoms with van der Waals surface area (Å²) in [5, 5.41) is 24.3. The van der Waals surface area contributed by atoms with E-state index in [0.717, 1.165) is 23.6 Å². The molecule has 0 bridgehead atoms. The molecule has 3 aromatic carbocycles. The number of hydrogen-bond acceptors (Lipinski definition) is 6. The number of carbonyl (C=O) groups is 2. The van der Waals surface area contributed by atoms with Crippen molar-refractivity contribution in [3.63, 3.8) is 0 Å². The van der Waals surface area contributed by atoms with Gasteiger partial charge in [-0.3, -0.25) is 19.7 Å². The van der Waals surface area contributed by atoms with E-state index in [1.54, 1.807) is 0 Å². The fourth-order valence-electron chi connectivity index (χ4n) is 4.81. The number of rotatable bonds is 5. The predicted molar refractivity (Wildman–Crippen MR) is 125 cm³/mol. The number of ether oxygens (including phenoxy) is 1. The normalized spacial score (nSPS) is 21.9. The summed E-state index contributed by atoms with van der Waals surface area (Å²) in [7, 11) is 0. The lowest BCUT2D eigenvalue weighted by molar-refractivity contribution is -0.384. The lowest BCUT2D eigenvalue weighted by Gasteiger charge is -2.28. The Morgan fingerprint density at radius 1 is 1.09 bits per heavy atom. The Morgan fingerprint density at radius 2 is 1.85 bits per heavy atom. The van der Waals surface area contributed by atoms with Crippen molar-refractivity contribution < 1.29 is 24.4 Å². The number of aliphatic hydroxyl groups is 1. The number of amides is 1. The molecule has 8 nitrogen and oxygen atoms in total. The summed E-state index contributed by atoms with van der Waals surface area (Å²) in [5.74, 6) is -1.98. The molecule has 34 heavy (non-hydrogen) atoms. The number of ketones is 1. The number of carbonyl (C=O) groups excluding carboxylic acids is 2. The van der Waals surface area contributed by atoms with Gasteiger partial charge in [0.2, 0.25) is 0 Å². The van der Waals surface area contributed by atoms with Crippen molar-refractivity contribution in [2.45, 2.75) is 25.0 Å². The molecule has 0 aliphatic carbocycles. The SMILES string of the molecule is O=C1C(=O)N(CC2CCCO2)C(c2cccc3ccccc23)/C1=C(/O)c1cccc([N+](=O)[O-])c1. The van der Waals surface area contributed by atoms with Crippen molar-refractivity contribution in [3.8, 4) is 0 Å². The Morgan fingerprint density at radius 3 is 2.62 bits per heavy atom. The van der Waals surface area contributed by atoms with Crippen molar-refractivity contribution in [2.75, 3.05) is 13.2 Å². The molecule has 2 heterocycles. The van der Waals surface area contributed by atoms with Gasteiger partial charge in [-0.2, -0.15) is 0 Å². The van der Waals surface area contributed by atoms with E-state index < -0.39 is 28.4 Å². The summed E-state index contributed by atoms with van der Waals surface area (Å²) < 4.78 is 5.73. The molecule has 2 fully saturated rings. The van der Waals surface area contributed by atoms with E-state index in [9.17, 15) is 24.8 Å². The van der Waals surface area contributed by atoms with Crippen molar-refractivity contribution in [2.24, 2.45) is 0 Å². The minimum absolute atomic E-state index is 0.0835. The quantitative estimate of drug-likeness (QED) is 0.200. The summed E-state index contributed by atoms with van der Waals surface area (Å²) in [6, 6.07) is 17.8. The van der Waals surface area contributed by atoms with Crippen LogP contribution < -0.4 is 0 Å². The second-order valence-corrected chi connectivity index (χ2v) is 8.46. The Balaban J connectivity index is 1.71. The van der Waals surface area contributed by atoms with Crippen molar-refractivity contribution in [3.05, 3.63) is 93.5 Å². The maximum atomic E-state index is 13.3. The molecule has 2 saturated heterocycles. The van der Waals surface area contributed by atoms with Crippen LogP contribution in [-0.4, -0.2) is 45.9 Å². The maximum Gasteiger partial charge on any atom is 0.295 e. The molecular formula is C26H22N2O6. The zero-order chi connectivity index (χ0) is 23.8. The van der Waals surface area contributed by atoms with E-state index in [-0.39, 0.29) is 29.5 Å². The molecule has 1 N–H and O–H groups in total. The van der Waals surface area contributed by atoms with Gasteiger partial charge in [0.25, 0.3) is 17.4 Å². The average Bonchev–Trinajstić information content (AvgIpc) is 3.46. The first kappa shape index (κ1) is 21.8. The van der Waals surface area contributed by atoms with E-state index in [0.29, 0.717) is 12.2 Å². The van der Waals surface area contributed by atoms with Gasteiger partial charge in [-0.15, -0.1) is 0 Å². The second kappa shape index (κ2) is 8.72. The van der Waals surface area contributed by atoms with Crippen LogP contribution in [-0.2, 0) is 14.3 Å². The number of fused-ring (bicyclic) bond motifs is 1. The van der Waals surface area contributed by atoms with Crippen LogP contribution in [0.5, 0.6) is 0 Å². The molecule has 3 aromatic rings. The van der Waals surface area contributed by atoms with Crippen molar-refractivity contribution in [1.82, 2.24) is 4.90 Å². The lowest BCUT2D eigenvalue weighted by Crippen LogP contribution is -2.36. The molecule has 2 aliphatic heterocycles. The van der Waals surface area contributed by atoms with Gasteiger partial charge in [-0.25, -0.2) is 0 Å². The average molecular weight is 458 g/mol. The summed E-state index contributed by atoms with van der Waals surface area (Å²) >= 11 is 0. The molecule has 5 rings (SSSR count). The summed E-state index contributed by atoms with van der Waals surface area (Å²) in [6.07, 6.45) is 1.45. The zero-order valence-electron chi connectivity index (χ0n) is 18.2. The summed E-state index contributed by atoms with van der Waals surface area (Å²) in [6.45, 7) is 0.811. The Hall–Kier alpha value is -4.04. The number of nitro benzene ring substituents is 1. The van der Waals surface area contributed by atoms with E-state index in [1.165, 1.54) is 29.2 Å². The first-order chi connectivity index (χ1) is 16.5. The fourth-order valence-corrected chi connectivity index (χ4v) is 4.81. The highest BCUT2D eigenvalue weighted by molar-refractivity contribution is 6.46. The second-order valence-electron chi connectivity index (χ2n) is 8.46. The Kier molecular flexibility index (Phi) is 5.59. The molecule has 1 amide bonds. The van der Waals surface area contributed by atoms with Gasteiger partial charge < -0.3 is 14.7 Å². The molecule has 8 heteroatoms. The fraction of sp³-hybridized carbons (Fsp3) is 0.231. The number of nitrogens with zero attached hydrogens (tertiary/aromatic N) is 2. The first-order valence-electron chi connectivity index (χ1n) is 11.1. The first-order valence-corrected chi connectivity index (χ1v) is 11.1. The van der Waals surface area contributed by atoms with Crippen LogP contribution in [0.4, 0.5) is 5.69 Å². The van der Waals surface area contributed by atoms with Gasteiger partial charge in [0.15, 0.2) is 0 Å². The van der Waals surface area contributed by atoms with Gasteiger partial charge in [0.05, 0.1) is 22.6 Å². The molecule has 0 spiro atoms. The van der Waals surface area contributed by atoms with Gasteiger partial charge in [-0.1, -0.05) is 54.6 Å². The van der Waals surface area contributed by atoms with Crippen molar-refractivity contribution in [1.29, 1.82) is 0 Å². The highest BCUT2D eigenvalue weighted by Gasteiger charge is 2.47. The molecule has 172 valence electrons. The van der Waals surface area contributed by atoms with E-state index in [1.807, 2.05) is 42.5 Å². The third-order valence-corrected chi connectivity index (χ3v) is 6.41. The Bertz CT molecular complexity index is 1340. The van der Waals surface area contributed by atoms with Crippen molar-refractivity contribution >= 4 is 33.9 Å². The number of benzene rings is 3. The molecule has 2 aliphatic rings. The monoisotopic (exact) mass is 458 g/mol. The van der Waals surface area contributed by atoms with Crippen LogP contribution >= 0.6 is 0 Å². The minimum atomic E-state index is -0.852.